The molecule has 1 aromatic heterocycles. The number of benzene rings is 1. The Morgan fingerprint density at radius 3 is 2.71 bits per heavy atom. The van der Waals surface area contributed by atoms with Crippen LogP contribution in [0, 0.1) is 6.92 Å². The fraction of sp³-hybridized carbons (Fsp3) is 0.476. The number of methoxy groups -OCH3 is 1. The number of aliphatic imine (C=N–C) groups is 1. The average molecular weight is 514 g/mol. The first-order valence-corrected chi connectivity index (χ1v) is 10.5. The maximum Gasteiger partial charge on any atom is 0.191 e. The quantitative estimate of drug-likeness (QED) is 0.341. The number of guanidine groups is 1. The zero-order valence-corrected chi connectivity index (χ0v) is 20.1. The Balaban J connectivity index is 0.00000280. The van der Waals surface area contributed by atoms with E-state index in [2.05, 4.69) is 59.0 Å². The number of halogens is 1. The van der Waals surface area contributed by atoms with Crippen molar-refractivity contribution in [2.75, 3.05) is 31.6 Å². The Hall–Kier alpha value is -1.48. The van der Waals surface area contributed by atoms with E-state index in [1.165, 1.54) is 10.6 Å². The predicted octanol–water partition coefficient (Wildman–Crippen LogP) is 4.41. The van der Waals surface area contributed by atoms with Gasteiger partial charge in [-0.2, -0.15) is 0 Å². The van der Waals surface area contributed by atoms with Gasteiger partial charge in [-0.05, 0) is 67.5 Å². The van der Waals surface area contributed by atoms with E-state index in [1.54, 1.807) is 7.11 Å². The predicted molar refractivity (Wildman–Crippen MR) is 131 cm³/mol. The summed E-state index contributed by atoms with van der Waals surface area (Å²) in [7, 11) is 1.70. The molecule has 1 saturated heterocycles. The lowest BCUT2D eigenvalue weighted by Gasteiger charge is -2.33. The van der Waals surface area contributed by atoms with E-state index in [4.69, 9.17) is 9.73 Å². The zero-order valence-electron chi connectivity index (χ0n) is 16.9. The highest BCUT2D eigenvalue weighted by Crippen LogP contribution is 2.24. The van der Waals surface area contributed by atoms with Crippen molar-refractivity contribution in [2.24, 2.45) is 4.99 Å². The number of nitrogens with zero attached hydrogens (tertiary/aromatic N) is 2. The van der Waals surface area contributed by atoms with Gasteiger partial charge >= 0.3 is 0 Å². The Morgan fingerprint density at radius 1 is 1.29 bits per heavy atom. The van der Waals surface area contributed by atoms with Gasteiger partial charge in [-0.25, -0.2) is 4.99 Å². The molecule has 154 valence electrons. The Morgan fingerprint density at radius 2 is 2.07 bits per heavy atom. The monoisotopic (exact) mass is 514 g/mol. The number of hydrogen-bond donors (Lipinski definition) is 2. The first-order valence-electron chi connectivity index (χ1n) is 9.65. The molecule has 0 spiro atoms. The standard InChI is InChI=1S/C21H30N4OS.HI/c1-4-22-21(23-15-17-12-16(2)13-19(14-17)26-3)24-18-7-9-25(10-8-18)20-6-5-11-27-20;/h5-6,11-14,18H,4,7-10,15H2,1-3H3,(H2,22,23,24);1H. The van der Waals surface area contributed by atoms with Crippen molar-refractivity contribution in [1.82, 2.24) is 10.6 Å². The number of thiophene rings is 1. The van der Waals surface area contributed by atoms with E-state index < -0.39 is 0 Å². The fourth-order valence-electron chi connectivity index (χ4n) is 3.41. The Kier molecular flexibility index (Phi) is 9.37. The molecular formula is C21H31IN4OS. The number of aryl methyl sites for hydroxylation is 1. The molecular weight excluding hydrogens is 483 g/mol. The number of piperidine rings is 1. The topological polar surface area (TPSA) is 48.9 Å². The Bertz CT molecular complexity index is 743. The number of rotatable bonds is 6. The summed E-state index contributed by atoms with van der Waals surface area (Å²) in [6.45, 7) is 7.87. The lowest BCUT2D eigenvalue weighted by molar-refractivity contribution is 0.414. The van der Waals surface area contributed by atoms with E-state index in [-0.39, 0.29) is 24.0 Å². The van der Waals surface area contributed by atoms with E-state index >= 15 is 0 Å². The molecule has 0 bridgehead atoms. The van der Waals surface area contributed by atoms with Crippen molar-refractivity contribution >= 4 is 46.3 Å². The van der Waals surface area contributed by atoms with E-state index in [1.807, 2.05) is 17.4 Å². The molecule has 0 atom stereocenters. The van der Waals surface area contributed by atoms with Crippen molar-refractivity contribution in [3.8, 4) is 5.75 Å². The molecule has 1 aliphatic heterocycles. The van der Waals surface area contributed by atoms with Crippen molar-refractivity contribution in [2.45, 2.75) is 39.3 Å². The van der Waals surface area contributed by atoms with Crippen LogP contribution in [-0.4, -0.2) is 38.7 Å². The van der Waals surface area contributed by atoms with Gasteiger partial charge in [0.15, 0.2) is 5.96 Å². The molecule has 5 nitrogen and oxygen atoms in total. The molecule has 2 N–H and O–H groups in total. The van der Waals surface area contributed by atoms with Gasteiger partial charge in [-0.3, -0.25) is 0 Å². The summed E-state index contributed by atoms with van der Waals surface area (Å²) in [6.07, 6.45) is 2.25. The highest BCUT2D eigenvalue weighted by molar-refractivity contribution is 14.0. The summed E-state index contributed by atoms with van der Waals surface area (Å²) in [4.78, 5) is 7.27. The molecule has 3 rings (SSSR count). The smallest absolute Gasteiger partial charge is 0.191 e. The number of ether oxygens (including phenoxy) is 1. The second-order valence-corrected chi connectivity index (χ2v) is 7.84. The van der Waals surface area contributed by atoms with E-state index in [9.17, 15) is 0 Å². The summed E-state index contributed by atoms with van der Waals surface area (Å²) in [5.41, 5.74) is 2.36. The molecule has 7 heteroatoms. The van der Waals surface area contributed by atoms with Gasteiger partial charge < -0.3 is 20.3 Å². The minimum atomic E-state index is 0. The first kappa shape index (κ1) is 22.8. The third-order valence-corrected chi connectivity index (χ3v) is 5.69. The molecule has 0 radical (unpaired) electrons. The molecule has 1 fully saturated rings. The first-order chi connectivity index (χ1) is 13.2. The van der Waals surface area contributed by atoms with Crippen molar-refractivity contribution in [3.05, 3.63) is 46.8 Å². The maximum atomic E-state index is 5.37. The van der Waals surface area contributed by atoms with Crippen molar-refractivity contribution in [1.29, 1.82) is 0 Å². The molecule has 28 heavy (non-hydrogen) atoms. The van der Waals surface area contributed by atoms with Crippen LogP contribution in [0.4, 0.5) is 5.00 Å². The minimum absolute atomic E-state index is 0. The Labute approximate surface area is 189 Å². The highest BCUT2D eigenvalue weighted by atomic mass is 127. The van der Waals surface area contributed by atoms with Crippen LogP contribution in [-0.2, 0) is 6.54 Å². The number of nitrogens with one attached hydrogen (secondary N) is 2. The summed E-state index contributed by atoms with van der Waals surface area (Å²) in [5, 5.41) is 10.5. The van der Waals surface area contributed by atoms with Gasteiger partial charge in [0.1, 0.15) is 5.75 Å². The van der Waals surface area contributed by atoms with Crippen LogP contribution in [0.15, 0.2) is 40.7 Å². The van der Waals surface area contributed by atoms with Crippen LogP contribution in [0.25, 0.3) is 0 Å². The second-order valence-electron chi connectivity index (χ2n) is 6.91. The van der Waals surface area contributed by atoms with Gasteiger partial charge in [-0.15, -0.1) is 35.3 Å². The molecule has 0 saturated carbocycles. The van der Waals surface area contributed by atoms with E-state index in [0.29, 0.717) is 12.6 Å². The largest absolute Gasteiger partial charge is 0.497 e. The van der Waals surface area contributed by atoms with Gasteiger partial charge in [0, 0.05) is 25.7 Å². The third kappa shape index (κ3) is 6.55. The summed E-state index contributed by atoms with van der Waals surface area (Å²) >= 11 is 1.82. The number of hydrogen-bond acceptors (Lipinski definition) is 4. The van der Waals surface area contributed by atoms with Gasteiger partial charge in [0.25, 0.3) is 0 Å². The van der Waals surface area contributed by atoms with Crippen molar-refractivity contribution in [3.63, 3.8) is 0 Å². The molecule has 0 unspecified atom stereocenters. The lowest BCUT2D eigenvalue weighted by atomic mass is 10.1. The highest BCUT2D eigenvalue weighted by Gasteiger charge is 2.20. The van der Waals surface area contributed by atoms with Gasteiger partial charge in [0.05, 0.1) is 18.7 Å². The number of anilines is 1. The summed E-state index contributed by atoms with van der Waals surface area (Å²) in [6, 6.07) is 11.1. The normalized spacial score (nSPS) is 15.1. The van der Waals surface area contributed by atoms with Crippen LogP contribution >= 0.6 is 35.3 Å². The van der Waals surface area contributed by atoms with Crippen LogP contribution < -0.4 is 20.3 Å². The van der Waals surface area contributed by atoms with Crippen molar-refractivity contribution < 1.29 is 4.74 Å². The molecule has 1 aliphatic rings. The molecule has 0 amide bonds. The molecule has 2 aromatic rings. The van der Waals surface area contributed by atoms with Crippen LogP contribution in [0.2, 0.25) is 0 Å². The van der Waals surface area contributed by atoms with Crippen LogP contribution in [0.1, 0.15) is 30.9 Å². The fourth-order valence-corrected chi connectivity index (χ4v) is 4.20. The molecule has 2 heterocycles. The summed E-state index contributed by atoms with van der Waals surface area (Å²) < 4.78 is 5.37. The zero-order chi connectivity index (χ0) is 19.1. The maximum absolute atomic E-state index is 5.37. The average Bonchev–Trinajstić information content (AvgIpc) is 3.21. The van der Waals surface area contributed by atoms with Crippen LogP contribution in [0.5, 0.6) is 5.75 Å². The molecule has 0 aliphatic carbocycles. The van der Waals surface area contributed by atoms with E-state index in [0.717, 1.165) is 49.7 Å². The second kappa shape index (κ2) is 11.5. The summed E-state index contributed by atoms with van der Waals surface area (Å²) in [5.74, 6) is 1.78. The third-order valence-electron chi connectivity index (χ3n) is 4.76. The van der Waals surface area contributed by atoms with Gasteiger partial charge in [-0.1, -0.05) is 6.07 Å². The minimum Gasteiger partial charge on any atom is -0.497 e. The molecule has 1 aromatic carbocycles. The SMILES string of the molecule is CCNC(=NCc1cc(C)cc(OC)c1)NC1CCN(c2cccs2)CC1.I. The van der Waals surface area contributed by atoms with Gasteiger partial charge in [0.2, 0.25) is 0 Å². The van der Waals surface area contributed by atoms with Crippen LogP contribution in [0.3, 0.4) is 0 Å². The lowest BCUT2D eigenvalue weighted by Crippen LogP contribution is -2.48.